The van der Waals surface area contributed by atoms with Gasteiger partial charge in [-0.15, -0.1) is 0 Å². The van der Waals surface area contributed by atoms with Crippen LogP contribution in [0.5, 0.6) is 0 Å². The Morgan fingerprint density at radius 1 is 1.54 bits per heavy atom. The van der Waals surface area contributed by atoms with E-state index in [1.807, 2.05) is 0 Å². The van der Waals surface area contributed by atoms with Crippen LogP contribution in [0.15, 0.2) is 18.2 Å². The Labute approximate surface area is 79.4 Å². The van der Waals surface area contributed by atoms with Gasteiger partial charge in [-0.3, -0.25) is 0 Å². The van der Waals surface area contributed by atoms with Gasteiger partial charge in [0, 0.05) is 21.2 Å². The molecule has 0 aliphatic carbocycles. The van der Waals surface area contributed by atoms with E-state index in [2.05, 4.69) is 4.74 Å². The number of esters is 1. The summed E-state index contributed by atoms with van der Waals surface area (Å²) in [6, 6.07) is 4.30. The quantitative estimate of drug-likeness (QED) is 0.712. The Kier molecular flexibility index (Phi) is 2.97. The predicted molar refractivity (Wildman–Crippen MR) is 46.8 cm³/mol. The fourth-order valence-electron chi connectivity index (χ4n) is 0.884. The van der Waals surface area contributed by atoms with Gasteiger partial charge in [0.15, 0.2) is 0 Å². The molecule has 0 radical (unpaired) electrons. The van der Waals surface area contributed by atoms with Crippen molar-refractivity contribution in [2.75, 3.05) is 7.11 Å². The van der Waals surface area contributed by atoms with E-state index in [0.717, 1.165) is 0 Å². The largest absolute Gasteiger partial charge is 0.465 e. The van der Waals surface area contributed by atoms with Crippen molar-refractivity contribution < 1.29 is 14.7 Å². The fraction of sp³-hybridized carbons (Fsp3) is 0.125. The van der Waals surface area contributed by atoms with Crippen molar-refractivity contribution in [1.82, 2.24) is 0 Å². The van der Waals surface area contributed by atoms with Crippen LogP contribution in [0.2, 0.25) is 5.02 Å². The molecule has 1 aromatic carbocycles. The van der Waals surface area contributed by atoms with Crippen LogP contribution in [-0.4, -0.2) is 13.1 Å². The van der Waals surface area contributed by atoms with E-state index in [1.54, 1.807) is 5.18 Å². The van der Waals surface area contributed by atoms with E-state index in [4.69, 9.17) is 11.6 Å². The lowest BCUT2D eigenvalue weighted by Crippen LogP contribution is -2.56. The number of ether oxygens (including phenoxy) is 1. The minimum atomic E-state index is -0.596. The molecule has 0 heterocycles. The summed E-state index contributed by atoms with van der Waals surface area (Å²) in [5.41, 5.74) is 0.279. The number of nitroso groups, excluding NO2 is 1. The molecule has 0 saturated heterocycles. The molecule has 0 bridgehead atoms. The monoisotopic (exact) mass is 200 g/mol. The lowest BCUT2D eigenvalue weighted by Gasteiger charge is -1.97. The third-order valence-corrected chi connectivity index (χ3v) is 1.73. The average molecular weight is 201 g/mol. The number of methoxy groups -OCH3 is 1. The Bertz CT molecular complexity index is 351. The van der Waals surface area contributed by atoms with Gasteiger partial charge in [0.25, 0.3) is 5.69 Å². The molecule has 0 atom stereocenters. The second-order valence-corrected chi connectivity index (χ2v) is 2.72. The topological polar surface area (TPSA) is 57.3 Å². The first kappa shape index (κ1) is 9.67. The number of carbonyl (C=O) groups is 1. The molecule has 0 unspecified atom stereocenters. The Morgan fingerprint density at radius 2 is 2.23 bits per heavy atom. The van der Waals surface area contributed by atoms with Crippen LogP contribution in [0.25, 0.3) is 0 Å². The fourth-order valence-corrected chi connectivity index (χ4v) is 1.06. The number of carbonyl (C=O) groups excluding carboxylic acids is 1. The lowest BCUT2D eigenvalue weighted by atomic mass is 10.2. The van der Waals surface area contributed by atoms with Crippen LogP contribution in [0.4, 0.5) is 5.69 Å². The van der Waals surface area contributed by atoms with Crippen molar-refractivity contribution >= 4 is 23.3 Å². The van der Waals surface area contributed by atoms with Crippen LogP contribution in [0.1, 0.15) is 10.4 Å². The normalized spacial score (nSPS) is 9.38. The van der Waals surface area contributed by atoms with E-state index in [9.17, 15) is 9.70 Å². The van der Waals surface area contributed by atoms with Crippen molar-refractivity contribution in [3.05, 3.63) is 33.7 Å². The van der Waals surface area contributed by atoms with Gasteiger partial charge in [0.1, 0.15) is 5.56 Å². The molecule has 1 N–H and O–H groups in total. The smallest absolute Gasteiger partial charge is 0.344 e. The van der Waals surface area contributed by atoms with Gasteiger partial charge < -0.3 is 4.74 Å². The standard InChI is InChI=1S/C8H6ClNO3/c1-13-8(11)6-4-5(9)2-3-7(6)10-12/h2-4H,1H3/p+1. The van der Waals surface area contributed by atoms with E-state index >= 15 is 0 Å². The van der Waals surface area contributed by atoms with Gasteiger partial charge in [-0.1, -0.05) is 11.6 Å². The van der Waals surface area contributed by atoms with Gasteiger partial charge in [0.2, 0.25) is 0 Å². The number of halogens is 1. The van der Waals surface area contributed by atoms with E-state index in [-0.39, 0.29) is 11.3 Å². The van der Waals surface area contributed by atoms with Crippen molar-refractivity contribution in [3.63, 3.8) is 0 Å². The van der Waals surface area contributed by atoms with Crippen molar-refractivity contribution in [2.45, 2.75) is 0 Å². The zero-order valence-electron chi connectivity index (χ0n) is 6.83. The van der Waals surface area contributed by atoms with Gasteiger partial charge in [0.05, 0.1) is 7.11 Å². The van der Waals surface area contributed by atoms with E-state index in [0.29, 0.717) is 5.02 Å². The molecule has 0 aliphatic heterocycles. The minimum absolute atomic E-state index is 0.130. The summed E-state index contributed by atoms with van der Waals surface area (Å²) in [4.78, 5) is 21.5. The summed E-state index contributed by atoms with van der Waals surface area (Å²) in [5.74, 6) is -0.596. The Morgan fingerprint density at radius 3 is 2.77 bits per heavy atom. The first-order valence-electron chi connectivity index (χ1n) is 3.45. The second kappa shape index (κ2) is 4.00. The molecule has 0 aliphatic rings. The van der Waals surface area contributed by atoms with Gasteiger partial charge in [-0.2, -0.15) is 0 Å². The lowest BCUT2D eigenvalue weighted by molar-refractivity contribution is -0.379. The zero-order valence-corrected chi connectivity index (χ0v) is 7.59. The highest BCUT2D eigenvalue weighted by Crippen LogP contribution is 2.17. The van der Waals surface area contributed by atoms with Gasteiger partial charge >= 0.3 is 5.97 Å². The van der Waals surface area contributed by atoms with Crippen LogP contribution < -0.4 is 5.18 Å². The van der Waals surface area contributed by atoms with Crippen LogP contribution in [0.3, 0.4) is 0 Å². The molecule has 4 nitrogen and oxygen atoms in total. The Balaban J connectivity index is 3.23. The zero-order chi connectivity index (χ0) is 9.84. The third kappa shape index (κ3) is 2.03. The van der Waals surface area contributed by atoms with E-state index in [1.165, 1.54) is 25.3 Å². The van der Waals surface area contributed by atoms with E-state index < -0.39 is 5.97 Å². The van der Waals surface area contributed by atoms with Gasteiger partial charge in [-0.25, -0.2) is 4.79 Å². The molecule has 13 heavy (non-hydrogen) atoms. The highest BCUT2D eigenvalue weighted by molar-refractivity contribution is 6.31. The number of hydrogen-bond acceptors (Lipinski definition) is 3. The highest BCUT2D eigenvalue weighted by atomic mass is 35.5. The first-order valence-corrected chi connectivity index (χ1v) is 3.83. The number of benzene rings is 1. The molecule has 5 heteroatoms. The average Bonchev–Trinajstić information content (AvgIpc) is 2.16. The molecule has 0 spiro atoms. The second-order valence-electron chi connectivity index (χ2n) is 2.28. The molecular formula is C8H7ClNO3+. The van der Waals surface area contributed by atoms with Crippen molar-refractivity contribution in [1.29, 1.82) is 0 Å². The molecule has 0 saturated carbocycles. The summed E-state index contributed by atoms with van der Waals surface area (Å²) in [6.07, 6.45) is 0. The Hall–Kier alpha value is -1.42. The maximum atomic E-state index is 11.1. The van der Waals surface area contributed by atoms with Crippen LogP contribution >= 0.6 is 11.6 Å². The minimum Gasteiger partial charge on any atom is -0.465 e. The first-order chi connectivity index (χ1) is 6.19. The summed E-state index contributed by atoms with van der Waals surface area (Å²) in [7, 11) is 1.23. The summed E-state index contributed by atoms with van der Waals surface area (Å²) in [5, 5.41) is 2.00. The number of hydrogen-bond donors (Lipinski definition) is 1. The van der Waals surface area contributed by atoms with Crippen LogP contribution in [0, 0.1) is 4.91 Å². The number of rotatable bonds is 2. The van der Waals surface area contributed by atoms with Crippen molar-refractivity contribution in [2.24, 2.45) is 0 Å². The highest BCUT2D eigenvalue weighted by Gasteiger charge is 2.17. The van der Waals surface area contributed by atoms with Gasteiger partial charge in [-0.05, 0) is 12.1 Å². The molecule has 1 rings (SSSR count). The molecule has 68 valence electrons. The molecule has 0 amide bonds. The molecular weight excluding hydrogens is 194 g/mol. The maximum absolute atomic E-state index is 11.1. The molecule has 1 aromatic rings. The SMILES string of the molecule is COC(=O)c1cc(Cl)ccc1[NH+]=O. The number of nitrogens with one attached hydrogen (secondary N) is 1. The van der Waals surface area contributed by atoms with Crippen LogP contribution in [-0.2, 0) is 4.74 Å². The third-order valence-electron chi connectivity index (χ3n) is 1.50. The molecule has 0 aromatic heterocycles. The predicted octanol–water partition coefficient (Wildman–Crippen LogP) is 0.605. The summed E-state index contributed by atoms with van der Waals surface area (Å²) in [6.45, 7) is 0. The maximum Gasteiger partial charge on any atom is 0.344 e. The summed E-state index contributed by atoms with van der Waals surface area (Å²) >= 11 is 5.64. The molecule has 0 fully saturated rings. The van der Waals surface area contributed by atoms with Crippen molar-refractivity contribution in [3.8, 4) is 0 Å². The summed E-state index contributed by atoms with van der Waals surface area (Å²) < 4.78 is 4.46.